The quantitative estimate of drug-likeness (QED) is 0.264. The summed E-state index contributed by atoms with van der Waals surface area (Å²) in [6.45, 7) is 7.42. The van der Waals surface area contributed by atoms with E-state index in [1.165, 1.54) is 22.0 Å². The van der Waals surface area contributed by atoms with Gasteiger partial charge in [-0.3, -0.25) is 19.5 Å². The van der Waals surface area contributed by atoms with E-state index >= 15 is 0 Å². The first-order chi connectivity index (χ1) is 18.7. The summed E-state index contributed by atoms with van der Waals surface area (Å²) >= 11 is 1.18. The van der Waals surface area contributed by atoms with E-state index in [0.29, 0.717) is 58.2 Å². The number of aromatic nitrogens is 1. The Balaban J connectivity index is 1.63. The first-order valence-corrected chi connectivity index (χ1v) is 13.5. The molecule has 0 bridgehead atoms. The molecule has 5 rings (SSSR count). The van der Waals surface area contributed by atoms with Crippen molar-refractivity contribution in [3.8, 4) is 0 Å². The number of carbonyl (C=O) groups excluding carboxylic acids is 1. The molecule has 2 aliphatic rings. The molecule has 1 unspecified atom stereocenters. The van der Waals surface area contributed by atoms with E-state index in [4.69, 9.17) is 9.47 Å². The molecule has 0 saturated carbocycles. The zero-order valence-electron chi connectivity index (χ0n) is 21.8. The summed E-state index contributed by atoms with van der Waals surface area (Å²) < 4.78 is 12.7. The van der Waals surface area contributed by atoms with Gasteiger partial charge in [0.1, 0.15) is 5.69 Å². The SMILES string of the molecule is CC1=C(C(=O)OC(C)C)C(c2ccccc2)n2c(sc(=Cc3ccc(N4CCOCC4)c([N+](=O)[O-])c3)c2=O)=N1. The Hall–Kier alpha value is -4.09. The number of nitrogens with zero attached hydrogens (tertiary/aromatic N) is 4. The largest absolute Gasteiger partial charge is 0.459 e. The van der Waals surface area contributed by atoms with Gasteiger partial charge in [0.15, 0.2) is 4.80 Å². The van der Waals surface area contributed by atoms with Crippen molar-refractivity contribution >= 4 is 34.8 Å². The standard InChI is InChI=1S/C28H28N4O6S/c1-17(2)38-27(34)24-18(3)29-28-31(25(24)20-7-5-4-6-8-20)26(33)23(39-28)16-19-9-10-21(22(15-19)32(35)36)30-11-13-37-14-12-30/h4-10,15-17,25H,11-14H2,1-3H3. The normalized spacial score (nSPS) is 17.7. The zero-order chi connectivity index (χ0) is 27.7. The summed E-state index contributed by atoms with van der Waals surface area (Å²) in [6, 6.07) is 13.5. The number of carbonyl (C=O) groups is 1. The Morgan fingerprint density at radius 2 is 1.92 bits per heavy atom. The Bertz CT molecular complexity index is 1630. The van der Waals surface area contributed by atoms with E-state index in [1.54, 1.807) is 39.0 Å². The van der Waals surface area contributed by atoms with Gasteiger partial charge in [-0.1, -0.05) is 47.7 Å². The molecular weight excluding hydrogens is 520 g/mol. The summed E-state index contributed by atoms with van der Waals surface area (Å²) in [7, 11) is 0. The molecule has 39 heavy (non-hydrogen) atoms. The van der Waals surface area contributed by atoms with Crippen molar-refractivity contribution in [1.29, 1.82) is 0 Å². The Kier molecular flexibility index (Phi) is 7.45. The van der Waals surface area contributed by atoms with Gasteiger partial charge in [0, 0.05) is 19.2 Å². The molecule has 2 aliphatic heterocycles. The number of ether oxygens (including phenoxy) is 2. The van der Waals surface area contributed by atoms with Crippen LogP contribution in [0.1, 0.15) is 37.9 Å². The first kappa shape index (κ1) is 26.5. The number of fused-ring (bicyclic) bond motifs is 1. The maximum Gasteiger partial charge on any atom is 0.338 e. The van der Waals surface area contributed by atoms with Crippen LogP contribution >= 0.6 is 11.3 Å². The van der Waals surface area contributed by atoms with Crippen molar-refractivity contribution in [2.24, 2.45) is 4.99 Å². The second-order valence-corrected chi connectivity index (χ2v) is 10.6. The molecule has 0 aliphatic carbocycles. The first-order valence-electron chi connectivity index (χ1n) is 12.6. The molecule has 3 heterocycles. The van der Waals surface area contributed by atoms with Crippen LogP contribution in [0.2, 0.25) is 0 Å². The summed E-state index contributed by atoms with van der Waals surface area (Å²) in [5.74, 6) is -0.524. The fraction of sp³-hybridized carbons (Fsp3) is 0.321. The van der Waals surface area contributed by atoms with Crippen molar-refractivity contribution in [2.45, 2.75) is 32.9 Å². The average Bonchev–Trinajstić information content (AvgIpc) is 3.22. The summed E-state index contributed by atoms with van der Waals surface area (Å²) in [6.07, 6.45) is 1.29. The number of allylic oxidation sites excluding steroid dienone is 1. The fourth-order valence-corrected chi connectivity index (χ4v) is 5.86. The maximum atomic E-state index is 13.8. The summed E-state index contributed by atoms with van der Waals surface area (Å²) in [4.78, 5) is 45.4. The highest BCUT2D eigenvalue weighted by Crippen LogP contribution is 2.32. The van der Waals surface area contributed by atoms with Gasteiger partial charge in [-0.2, -0.15) is 0 Å². The van der Waals surface area contributed by atoms with Gasteiger partial charge >= 0.3 is 5.97 Å². The van der Waals surface area contributed by atoms with Crippen molar-refractivity contribution in [1.82, 2.24) is 4.57 Å². The molecule has 0 radical (unpaired) electrons. The molecule has 11 heteroatoms. The number of thiazole rings is 1. The zero-order valence-corrected chi connectivity index (χ0v) is 22.6. The van der Waals surface area contributed by atoms with Gasteiger partial charge < -0.3 is 14.4 Å². The van der Waals surface area contributed by atoms with Gasteiger partial charge in [0.25, 0.3) is 11.2 Å². The third kappa shape index (κ3) is 5.27. The van der Waals surface area contributed by atoms with Crippen LogP contribution in [0, 0.1) is 10.1 Å². The van der Waals surface area contributed by atoms with Gasteiger partial charge in [-0.05, 0) is 44.0 Å². The van der Waals surface area contributed by atoms with E-state index in [2.05, 4.69) is 4.99 Å². The van der Waals surface area contributed by atoms with Crippen LogP contribution in [0.15, 0.2) is 69.6 Å². The molecule has 3 aromatic rings. The van der Waals surface area contributed by atoms with E-state index < -0.39 is 16.9 Å². The van der Waals surface area contributed by atoms with Crippen molar-refractivity contribution in [3.63, 3.8) is 0 Å². The van der Waals surface area contributed by atoms with Crippen LogP contribution in [0.4, 0.5) is 11.4 Å². The van der Waals surface area contributed by atoms with Crippen LogP contribution in [-0.4, -0.2) is 47.9 Å². The Morgan fingerprint density at radius 3 is 2.59 bits per heavy atom. The molecule has 0 amide bonds. The third-order valence-corrected chi connectivity index (χ3v) is 7.53. The molecule has 1 saturated heterocycles. The highest BCUT2D eigenvalue weighted by Gasteiger charge is 2.33. The van der Waals surface area contributed by atoms with Crippen molar-refractivity contribution < 1.29 is 19.2 Å². The smallest absolute Gasteiger partial charge is 0.338 e. The van der Waals surface area contributed by atoms with Crippen LogP contribution in [0.3, 0.4) is 0 Å². The van der Waals surface area contributed by atoms with E-state index in [-0.39, 0.29) is 17.4 Å². The topological polar surface area (TPSA) is 116 Å². The minimum Gasteiger partial charge on any atom is -0.459 e. The van der Waals surface area contributed by atoms with Crippen molar-refractivity contribution in [3.05, 3.63) is 101 Å². The maximum absolute atomic E-state index is 13.8. The minimum absolute atomic E-state index is 0.0323. The number of nitro benzene ring substituents is 1. The molecule has 1 atom stereocenters. The predicted molar refractivity (Wildman–Crippen MR) is 148 cm³/mol. The van der Waals surface area contributed by atoms with Crippen LogP contribution in [0.5, 0.6) is 0 Å². The molecule has 0 N–H and O–H groups in total. The summed E-state index contributed by atoms with van der Waals surface area (Å²) in [5.41, 5.74) is 2.21. The number of hydrogen-bond donors (Lipinski definition) is 0. The van der Waals surface area contributed by atoms with E-state index in [9.17, 15) is 19.7 Å². The molecule has 0 spiro atoms. The minimum atomic E-state index is -0.714. The van der Waals surface area contributed by atoms with Gasteiger partial charge in [-0.25, -0.2) is 9.79 Å². The number of nitro groups is 1. The average molecular weight is 549 g/mol. The number of rotatable bonds is 6. The second kappa shape index (κ2) is 11.0. The molecule has 1 fully saturated rings. The van der Waals surface area contributed by atoms with E-state index in [1.807, 2.05) is 35.2 Å². The lowest BCUT2D eigenvalue weighted by atomic mass is 9.96. The lowest BCUT2D eigenvalue weighted by molar-refractivity contribution is -0.384. The monoisotopic (exact) mass is 548 g/mol. The molecule has 202 valence electrons. The Morgan fingerprint density at radius 1 is 1.21 bits per heavy atom. The highest BCUT2D eigenvalue weighted by atomic mass is 32.1. The van der Waals surface area contributed by atoms with Crippen LogP contribution < -0.4 is 19.8 Å². The highest BCUT2D eigenvalue weighted by molar-refractivity contribution is 7.07. The lowest BCUT2D eigenvalue weighted by Gasteiger charge is -2.28. The number of anilines is 1. The number of morpholine rings is 1. The Labute approximate surface area is 228 Å². The van der Waals surface area contributed by atoms with Gasteiger partial charge in [-0.15, -0.1) is 0 Å². The van der Waals surface area contributed by atoms with E-state index in [0.717, 1.165) is 5.56 Å². The molecule has 10 nitrogen and oxygen atoms in total. The second-order valence-electron chi connectivity index (χ2n) is 9.55. The number of benzene rings is 2. The van der Waals surface area contributed by atoms with Crippen molar-refractivity contribution in [2.75, 3.05) is 31.2 Å². The fourth-order valence-electron chi connectivity index (χ4n) is 4.81. The number of hydrogen-bond acceptors (Lipinski definition) is 9. The molecule has 2 aromatic carbocycles. The molecular formula is C28H28N4O6S. The van der Waals surface area contributed by atoms with Crippen LogP contribution in [-0.2, 0) is 14.3 Å². The summed E-state index contributed by atoms with van der Waals surface area (Å²) in [5, 5.41) is 11.9. The third-order valence-electron chi connectivity index (χ3n) is 6.55. The molecule has 1 aromatic heterocycles. The lowest BCUT2D eigenvalue weighted by Crippen LogP contribution is -2.40. The van der Waals surface area contributed by atoms with Gasteiger partial charge in [0.05, 0.1) is 46.1 Å². The van der Waals surface area contributed by atoms with Gasteiger partial charge in [0.2, 0.25) is 0 Å². The van der Waals surface area contributed by atoms with Crippen LogP contribution in [0.25, 0.3) is 6.08 Å². The number of esters is 1. The predicted octanol–water partition coefficient (Wildman–Crippen LogP) is 2.93.